The minimum atomic E-state index is -0.0944. The number of benzene rings is 1. The molecular formula is C12H7ClN2OS. The van der Waals surface area contributed by atoms with Crippen LogP contribution in [0.1, 0.15) is 5.69 Å². The number of carbonyl (C=O) groups is 1. The summed E-state index contributed by atoms with van der Waals surface area (Å²) in [7, 11) is 0. The van der Waals surface area contributed by atoms with E-state index in [4.69, 9.17) is 11.6 Å². The molecule has 0 atom stereocenters. The van der Waals surface area contributed by atoms with Crippen molar-refractivity contribution in [1.82, 2.24) is 4.98 Å². The molecule has 3 rings (SSSR count). The van der Waals surface area contributed by atoms with Gasteiger partial charge in [-0.2, -0.15) is 0 Å². The fraction of sp³-hybridized carbons (Fsp3) is 0.0833. The summed E-state index contributed by atoms with van der Waals surface area (Å²) >= 11 is 7.33. The number of hydrogen-bond acceptors (Lipinski definition) is 3. The van der Waals surface area contributed by atoms with Crippen LogP contribution in [0, 0.1) is 0 Å². The Morgan fingerprint density at radius 2 is 2.12 bits per heavy atom. The molecule has 1 aromatic heterocycles. The molecule has 0 saturated heterocycles. The molecule has 0 aliphatic carbocycles. The van der Waals surface area contributed by atoms with Gasteiger partial charge in [0.1, 0.15) is 5.04 Å². The molecule has 0 fully saturated rings. The van der Waals surface area contributed by atoms with Crippen molar-refractivity contribution in [1.29, 1.82) is 0 Å². The van der Waals surface area contributed by atoms with E-state index in [1.807, 2.05) is 24.3 Å². The smallest absolute Gasteiger partial charge is 0.257 e. The lowest BCUT2D eigenvalue weighted by atomic mass is 10.2. The van der Waals surface area contributed by atoms with Gasteiger partial charge in [-0.15, -0.1) is 0 Å². The van der Waals surface area contributed by atoms with Crippen LogP contribution in [-0.4, -0.2) is 21.7 Å². The summed E-state index contributed by atoms with van der Waals surface area (Å²) in [4.78, 5) is 19.5. The van der Waals surface area contributed by atoms with Crippen molar-refractivity contribution in [2.75, 3.05) is 5.75 Å². The second-order valence-electron chi connectivity index (χ2n) is 3.63. The highest BCUT2D eigenvalue weighted by Gasteiger charge is 2.17. The average Bonchev–Trinajstić information content (AvgIpc) is 2.75. The fourth-order valence-corrected chi connectivity index (χ4v) is 2.59. The number of aliphatic imine (C=N–C) groups is 1. The molecule has 0 unspecified atom stereocenters. The van der Waals surface area contributed by atoms with Gasteiger partial charge < -0.3 is 0 Å². The lowest BCUT2D eigenvalue weighted by molar-refractivity contribution is -0.115. The van der Waals surface area contributed by atoms with E-state index in [1.54, 1.807) is 6.07 Å². The summed E-state index contributed by atoms with van der Waals surface area (Å²) in [6, 6.07) is 9.33. The third-order valence-electron chi connectivity index (χ3n) is 2.43. The van der Waals surface area contributed by atoms with Crippen molar-refractivity contribution in [3.05, 3.63) is 41.0 Å². The maximum atomic E-state index is 11.1. The molecule has 0 radical (unpaired) electrons. The highest BCUT2D eigenvalue weighted by Crippen LogP contribution is 2.22. The van der Waals surface area contributed by atoms with Crippen LogP contribution in [0.25, 0.3) is 10.9 Å². The number of nitrogens with zero attached hydrogens (tertiary/aromatic N) is 2. The Kier molecular flexibility index (Phi) is 2.61. The average molecular weight is 263 g/mol. The molecule has 2 aromatic rings. The fourth-order valence-electron chi connectivity index (χ4n) is 1.65. The zero-order valence-electron chi connectivity index (χ0n) is 8.68. The van der Waals surface area contributed by atoms with Gasteiger partial charge in [-0.3, -0.25) is 4.79 Å². The zero-order valence-corrected chi connectivity index (χ0v) is 10.3. The van der Waals surface area contributed by atoms with Crippen LogP contribution in [0.3, 0.4) is 0 Å². The van der Waals surface area contributed by atoms with Crippen LogP contribution < -0.4 is 0 Å². The first kappa shape index (κ1) is 10.7. The van der Waals surface area contributed by atoms with Gasteiger partial charge >= 0.3 is 0 Å². The number of pyridine rings is 1. The van der Waals surface area contributed by atoms with E-state index in [9.17, 15) is 4.79 Å². The van der Waals surface area contributed by atoms with Crippen LogP contribution in [0.5, 0.6) is 0 Å². The lowest BCUT2D eigenvalue weighted by Gasteiger charge is -2.01. The minimum absolute atomic E-state index is 0.0944. The third kappa shape index (κ3) is 2.06. The Morgan fingerprint density at radius 1 is 1.24 bits per heavy atom. The number of carbonyl (C=O) groups excluding carboxylic acids is 1. The van der Waals surface area contributed by atoms with E-state index in [0.717, 1.165) is 16.6 Å². The normalized spacial score (nSPS) is 15.4. The van der Waals surface area contributed by atoms with E-state index in [-0.39, 0.29) is 5.91 Å². The van der Waals surface area contributed by atoms with Gasteiger partial charge in [-0.1, -0.05) is 29.4 Å². The molecule has 1 aliphatic heterocycles. The molecule has 1 amide bonds. The van der Waals surface area contributed by atoms with Crippen molar-refractivity contribution >= 4 is 45.2 Å². The third-order valence-corrected chi connectivity index (χ3v) is 3.63. The Labute approximate surface area is 107 Å². The van der Waals surface area contributed by atoms with Gasteiger partial charge in [0, 0.05) is 10.4 Å². The Bertz CT molecular complexity index is 654. The van der Waals surface area contributed by atoms with Crippen molar-refractivity contribution in [2.24, 2.45) is 4.99 Å². The van der Waals surface area contributed by atoms with Gasteiger partial charge in [0.2, 0.25) is 0 Å². The number of halogens is 1. The Hall–Kier alpha value is -1.39. The predicted molar refractivity (Wildman–Crippen MR) is 70.8 cm³/mol. The van der Waals surface area contributed by atoms with Crippen LogP contribution >= 0.6 is 23.4 Å². The highest BCUT2D eigenvalue weighted by molar-refractivity contribution is 8.15. The van der Waals surface area contributed by atoms with Gasteiger partial charge in [-0.25, -0.2) is 9.98 Å². The van der Waals surface area contributed by atoms with Crippen molar-refractivity contribution in [3.63, 3.8) is 0 Å². The zero-order chi connectivity index (χ0) is 11.8. The standard InChI is InChI=1S/C12H7ClN2OS/c13-8-2-4-9-7(5-8)1-3-10(14-9)12-15-11(16)6-17-12/h1-5H,6H2. The Morgan fingerprint density at radius 3 is 2.88 bits per heavy atom. The minimum Gasteiger partial charge on any atom is -0.272 e. The molecule has 0 spiro atoms. The maximum absolute atomic E-state index is 11.1. The molecule has 0 N–H and O–H groups in total. The molecule has 5 heteroatoms. The summed E-state index contributed by atoms with van der Waals surface area (Å²) in [5.74, 6) is 0.318. The number of hydrogen-bond donors (Lipinski definition) is 0. The predicted octanol–water partition coefficient (Wildman–Crippen LogP) is 2.91. The molecule has 0 saturated carbocycles. The number of rotatable bonds is 1. The quantitative estimate of drug-likeness (QED) is 0.794. The molecule has 2 heterocycles. The van der Waals surface area contributed by atoms with Gasteiger partial charge in [0.25, 0.3) is 5.91 Å². The number of aromatic nitrogens is 1. The summed E-state index contributed by atoms with van der Waals surface area (Å²) in [5.41, 5.74) is 1.60. The van der Waals surface area contributed by atoms with Crippen LogP contribution in [0.2, 0.25) is 5.02 Å². The van der Waals surface area contributed by atoms with E-state index >= 15 is 0 Å². The first-order chi connectivity index (χ1) is 8.22. The topological polar surface area (TPSA) is 42.3 Å². The van der Waals surface area contributed by atoms with E-state index in [1.165, 1.54) is 11.8 Å². The van der Waals surface area contributed by atoms with Crippen LogP contribution in [-0.2, 0) is 4.79 Å². The molecule has 1 aromatic carbocycles. The van der Waals surface area contributed by atoms with Gasteiger partial charge in [0.15, 0.2) is 0 Å². The maximum Gasteiger partial charge on any atom is 0.257 e. The summed E-state index contributed by atoms with van der Waals surface area (Å²) in [5, 5.41) is 2.37. The SMILES string of the molecule is O=C1CSC(c2ccc3cc(Cl)ccc3n2)=N1. The molecule has 1 aliphatic rings. The van der Waals surface area contributed by atoms with E-state index < -0.39 is 0 Å². The van der Waals surface area contributed by atoms with Gasteiger partial charge in [0.05, 0.1) is 17.0 Å². The molecule has 17 heavy (non-hydrogen) atoms. The molecule has 84 valence electrons. The van der Waals surface area contributed by atoms with E-state index in [2.05, 4.69) is 9.98 Å². The largest absolute Gasteiger partial charge is 0.272 e. The molecular weight excluding hydrogens is 256 g/mol. The number of amides is 1. The van der Waals surface area contributed by atoms with Crippen LogP contribution in [0.4, 0.5) is 0 Å². The molecule has 0 bridgehead atoms. The number of thioether (sulfide) groups is 1. The second-order valence-corrected chi connectivity index (χ2v) is 5.03. The van der Waals surface area contributed by atoms with E-state index in [0.29, 0.717) is 15.8 Å². The first-order valence-corrected chi connectivity index (χ1v) is 6.40. The summed E-state index contributed by atoms with van der Waals surface area (Å²) in [6.45, 7) is 0. The lowest BCUT2D eigenvalue weighted by Crippen LogP contribution is -1.96. The first-order valence-electron chi connectivity index (χ1n) is 5.03. The second kappa shape index (κ2) is 4.13. The summed E-state index contributed by atoms with van der Waals surface area (Å²) in [6.07, 6.45) is 0. The monoisotopic (exact) mass is 262 g/mol. The van der Waals surface area contributed by atoms with Crippen LogP contribution in [0.15, 0.2) is 35.3 Å². The Balaban J connectivity index is 2.11. The highest BCUT2D eigenvalue weighted by atomic mass is 35.5. The molecule has 3 nitrogen and oxygen atoms in total. The van der Waals surface area contributed by atoms with Crippen molar-refractivity contribution < 1.29 is 4.79 Å². The summed E-state index contributed by atoms with van der Waals surface area (Å²) < 4.78 is 0. The number of fused-ring (bicyclic) bond motifs is 1. The van der Waals surface area contributed by atoms with Crippen molar-refractivity contribution in [2.45, 2.75) is 0 Å². The van der Waals surface area contributed by atoms with Crippen molar-refractivity contribution in [3.8, 4) is 0 Å². The van der Waals surface area contributed by atoms with Gasteiger partial charge in [-0.05, 0) is 24.3 Å².